The van der Waals surface area contributed by atoms with E-state index in [0.29, 0.717) is 23.2 Å². The van der Waals surface area contributed by atoms with Crippen molar-refractivity contribution >= 4 is 17.8 Å². The molecule has 1 saturated heterocycles. The molecule has 11 nitrogen and oxygen atoms in total. The molecular formula is C28H24N4O7. The molecule has 0 spiro atoms. The average Bonchev–Trinajstić information content (AvgIpc) is 3.42. The van der Waals surface area contributed by atoms with E-state index in [1.165, 1.54) is 7.11 Å². The van der Waals surface area contributed by atoms with Gasteiger partial charge < -0.3 is 18.7 Å². The number of aryl methyl sites for hydroxylation is 1. The summed E-state index contributed by atoms with van der Waals surface area (Å²) in [6, 6.07) is 20.4. The maximum atomic E-state index is 12.6. The lowest BCUT2D eigenvalue weighted by Crippen LogP contribution is -2.69. The Morgan fingerprint density at radius 2 is 1.46 bits per heavy atom. The Kier molecular flexibility index (Phi) is 7.06. The molecule has 2 heterocycles. The van der Waals surface area contributed by atoms with Gasteiger partial charge in [-0.1, -0.05) is 29.4 Å². The lowest BCUT2D eigenvalue weighted by Gasteiger charge is -2.34. The molecule has 5 rings (SSSR count). The van der Waals surface area contributed by atoms with Crippen LogP contribution < -0.4 is 20.1 Å². The minimum absolute atomic E-state index is 0.0585. The van der Waals surface area contributed by atoms with Crippen molar-refractivity contribution in [1.82, 2.24) is 20.8 Å². The average molecular weight is 529 g/mol. The number of rotatable bonds is 9. The van der Waals surface area contributed by atoms with Gasteiger partial charge in [0.1, 0.15) is 17.2 Å². The zero-order valence-electron chi connectivity index (χ0n) is 21.1. The van der Waals surface area contributed by atoms with E-state index in [-0.39, 0.29) is 18.8 Å². The smallest absolute Gasteiger partial charge is 0.328 e. The van der Waals surface area contributed by atoms with Crippen molar-refractivity contribution in [3.8, 4) is 40.1 Å². The van der Waals surface area contributed by atoms with Gasteiger partial charge in [-0.15, -0.1) is 0 Å². The van der Waals surface area contributed by atoms with E-state index in [9.17, 15) is 14.4 Å². The Hall–Kier alpha value is -5.03. The van der Waals surface area contributed by atoms with Crippen LogP contribution in [0.1, 0.15) is 12.0 Å². The quantitative estimate of drug-likeness (QED) is 0.308. The molecule has 4 aromatic rings. The molecule has 1 aliphatic heterocycles. The number of carbonyl (C=O) groups excluding carboxylic acids is 3. The first-order valence-electron chi connectivity index (χ1n) is 12.0. The predicted molar refractivity (Wildman–Crippen MR) is 138 cm³/mol. The molecule has 1 fully saturated rings. The third-order valence-corrected chi connectivity index (χ3v) is 6.11. The van der Waals surface area contributed by atoms with E-state index in [1.54, 1.807) is 36.4 Å². The second-order valence-corrected chi connectivity index (χ2v) is 8.75. The van der Waals surface area contributed by atoms with Gasteiger partial charge in [-0.3, -0.25) is 20.2 Å². The van der Waals surface area contributed by atoms with Gasteiger partial charge >= 0.3 is 6.03 Å². The summed E-state index contributed by atoms with van der Waals surface area (Å²) >= 11 is 0. The molecule has 11 heteroatoms. The molecule has 2 N–H and O–H groups in total. The standard InChI is InChI=1S/C28H24N4O7/c1-17-5-3-4-6-22(17)23-29-24(39-32-23)18-7-9-19(10-8-18)37-20-11-13-21(14-12-20)38-28(15-16-36-2)25(33)30-27(35)31-26(28)34/h3-14H,15-16H2,1-2H3,(H2,30,31,33,34,35). The molecule has 198 valence electrons. The number of barbiturate groups is 1. The van der Waals surface area contributed by atoms with Crippen LogP contribution in [0.25, 0.3) is 22.8 Å². The summed E-state index contributed by atoms with van der Waals surface area (Å²) in [7, 11) is 1.43. The van der Waals surface area contributed by atoms with Crippen LogP contribution in [-0.2, 0) is 14.3 Å². The normalized spacial score (nSPS) is 14.5. The number of nitrogens with zero attached hydrogens (tertiary/aromatic N) is 2. The van der Waals surface area contributed by atoms with Crippen LogP contribution >= 0.6 is 0 Å². The van der Waals surface area contributed by atoms with Crippen LogP contribution in [-0.4, -0.2) is 47.3 Å². The second kappa shape index (κ2) is 10.8. The van der Waals surface area contributed by atoms with Gasteiger partial charge in [-0.25, -0.2) is 4.79 Å². The van der Waals surface area contributed by atoms with Crippen LogP contribution in [0.4, 0.5) is 4.79 Å². The van der Waals surface area contributed by atoms with E-state index in [4.69, 9.17) is 18.7 Å². The fourth-order valence-corrected chi connectivity index (χ4v) is 4.01. The van der Waals surface area contributed by atoms with Gasteiger partial charge in [-0.05, 0) is 61.0 Å². The molecule has 0 bridgehead atoms. The highest BCUT2D eigenvalue weighted by Crippen LogP contribution is 2.30. The Morgan fingerprint density at radius 1 is 0.846 bits per heavy atom. The maximum absolute atomic E-state index is 12.6. The molecule has 1 aromatic heterocycles. The van der Waals surface area contributed by atoms with Gasteiger partial charge in [0.2, 0.25) is 5.82 Å². The summed E-state index contributed by atoms with van der Waals surface area (Å²) in [4.78, 5) is 41.1. The van der Waals surface area contributed by atoms with Gasteiger partial charge in [0.15, 0.2) is 0 Å². The number of ether oxygens (including phenoxy) is 3. The van der Waals surface area contributed by atoms with E-state index in [0.717, 1.165) is 16.7 Å². The highest BCUT2D eigenvalue weighted by molar-refractivity contribution is 6.21. The monoisotopic (exact) mass is 528 g/mol. The number of methoxy groups -OCH3 is 1. The number of carbonyl (C=O) groups is 3. The largest absolute Gasteiger partial charge is 0.467 e. The zero-order valence-corrected chi connectivity index (χ0v) is 21.1. The van der Waals surface area contributed by atoms with Crippen LogP contribution in [0, 0.1) is 6.92 Å². The Morgan fingerprint density at radius 3 is 2.10 bits per heavy atom. The number of benzene rings is 3. The number of urea groups is 1. The lowest BCUT2D eigenvalue weighted by molar-refractivity contribution is -0.153. The summed E-state index contributed by atoms with van der Waals surface area (Å²) in [6.45, 7) is 2.05. The number of hydrogen-bond donors (Lipinski definition) is 2. The molecule has 1 aliphatic rings. The van der Waals surface area contributed by atoms with Gasteiger partial charge in [0.05, 0.1) is 6.61 Å². The maximum Gasteiger partial charge on any atom is 0.328 e. The first-order valence-corrected chi connectivity index (χ1v) is 12.0. The number of amides is 4. The van der Waals surface area contributed by atoms with Crippen LogP contribution in [0.15, 0.2) is 77.3 Å². The topological polar surface area (TPSA) is 142 Å². The lowest BCUT2D eigenvalue weighted by atomic mass is 9.95. The fourth-order valence-electron chi connectivity index (χ4n) is 4.01. The number of imide groups is 2. The summed E-state index contributed by atoms with van der Waals surface area (Å²) in [5.74, 6) is 0.475. The molecule has 0 atom stereocenters. The highest BCUT2D eigenvalue weighted by Gasteiger charge is 2.52. The third-order valence-electron chi connectivity index (χ3n) is 6.11. The van der Waals surface area contributed by atoms with Crippen LogP contribution in [0.5, 0.6) is 17.2 Å². The Labute approximate surface area is 223 Å². The van der Waals surface area contributed by atoms with E-state index < -0.39 is 23.4 Å². The highest BCUT2D eigenvalue weighted by atomic mass is 16.5. The van der Waals surface area contributed by atoms with Crippen molar-refractivity contribution < 1.29 is 33.1 Å². The van der Waals surface area contributed by atoms with Crippen LogP contribution in [0.3, 0.4) is 0 Å². The number of nitrogens with one attached hydrogen (secondary N) is 2. The molecule has 0 unspecified atom stereocenters. The van der Waals surface area contributed by atoms with Crippen molar-refractivity contribution in [3.05, 3.63) is 78.4 Å². The zero-order chi connectivity index (χ0) is 27.4. The van der Waals surface area contributed by atoms with Crippen molar-refractivity contribution in [2.75, 3.05) is 13.7 Å². The third kappa shape index (κ3) is 5.34. The summed E-state index contributed by atoms with van der Waals surface area (Å²) in [6.07, 6.45) is -0.0917. The van der Waals surface area contributed by atoms with E-state index >= 15 is 0 Å². The van der Waals surface area contributed by atoms with E-state index in [1.807, 2.05) is 43.3 Å². The Bertz CT molecular complexity index is 1490. The van der Waals surface area contributed by atoms with Gasteiger partial charge in [0, 0.05) is 24.7 Å². The number of aromatic nitrogens is 2. The molecule has 3 aromatic carbocycles. The minimum atomic E-state index is -1.95. The summed E-state index contributed by atoms with van der Waals surface area (Å²) in [5, 5.41) is 8.24. The van der Waals surface area contributed by atoms with E-state index in [2.05, 4.69) is 20.8 Å². The van der Waals surface area contributed by atoms with Gasteiger partial charge in [-0.2, -0.15) is 4.98 Å². The fraction of sp³-hybridized carbons (Fsp3) is 0.179. The molecule has 39 heavy (non-hydrogen) atoms. The molecule has 0 saturated carbocycles. The Balaban J connectivity index is 1.26. The summed E-state index contributed by atoms with van der Waals surface area (Å²) in [5.41, 5.74) is 0.747. The number of hydrogen-bond acceptors (Lipinski definition) is 9. The van der Waals surface area contributed by atoms with Gasteiger partial charge in [0.25, 0.3) is 23.3 Å². The first-order chi connectivity index (χ1) is 18.9. The minimum Gasteiger partial charge on any atom is -0.467 e. The van der Waals surface area contributed by atoms with Crippen molar-refractivity contribution in [3.63, 3.8) is 0 Å². The first kappa shape index (κ1) is 25.6. The molecule has 0 aliphatic carbocycles. The van der Waals surface area contributed by atoms with Crippen molar-refractivity contribution in [1.29, 1.82) is 0 Å². The SMILES string of the molecule is COCCC1(Oc2ccc(Oc3ccc(-c4nc(-c5ccccc5C)no4)cc3)cc2)C(=O)NC(=O)NC1=O. The second-order valence-electron chi connectivity index (χ2n) is 8.75. The van der Waals surface area contributed by atoms with Crippen LogP contribution in [0.2, 0.25) is 0 Å². The predicted octanol–water partition coefficient (Wildman–Crippen LogP) is 4.02. The molecule has 4 amide bonds. The van der Waals surface area contributed by atoms with Crippen molar-refractivity contribution in [2.24, 2.45) is 0 Å². The molecular weight excluding hydrogens is 504 g/mol. The van der Waals surface area contributed by atoms with Crippen molar-refractivity contribution in [2.45, 2.75) is 18.9 Å². The summed E-state index contributed by atoms with van der Waals surface area (Å²) < 4.78 is 22.2. The molecule has 0 radical (unpaired) electrons.